The fraction of sp³-hybridized carbons (Fsp3) is 0.294. The van der Waals surface area contributed by atoms with Crippen LogP contribution in [-0.4, -0.2) is 13.1 Å². The van der Waals surface area contributed by atoms with Crippen LogP contribution in [0.2, 0.25) is 0 Å². The number of hydrogen-bond donors (Lipinski definition) is 1. The molecule has 3 rings (SSSR count). The molecule has 1 fully saturated rings. The van der Waals surface area contributed by atoms with Crippen LogP contribution in [-0.2, 0) is 0 Å². The van der Waals surface area contributed by atoms with Gasteiger partial charge in [0.05, 0.1) is 0 Å². The molecule has 0 aromatic heterocycles. The molecule has 0 amide bonds. The lowest BCUT2D eigenvalue weighted by molar-refractivity contribution is 0.401. The summed E-state index contributed by atoms with van der Waals surface area (Å²) in [5.74, 6) is -1.28. The van der Waals surface area contributed by atoms with Crippen molar-refractivity contribution < 1.29 is 13.2 Å². The van der Waals surface area contributed by atoms with Crippen molar-refractivity contribution in [1.29, 1.82) is 0 Å². The van der Waals surface area contributed by atoms with E-state index in [9.17, 15) is 13.2 Å². The Morgan fingerprint density at radius 1 is 0.762 bits per heavy atom. The summed E-state index contributed by atoms with van der Waals surface area (Å²) in [6.45, 7) is 1.52. The summed E-state index contributed by atoms with van der Waals surface area (Å²) in [7, 11) is 0. The first-order valence-corrected chi connectivity index (χ1v) is 7.05. The molecule has 4 heteroatoms. The molecule has 2 atom stereocenters. The lowest BCUT2D eigenvalue weighted by Gasteiger charge is -2.33. The zero-order valence-corrected chi connectivity index (χ0v) is 11.5. The van der Waals surface area contributed by atoms with Crippen LogP contribution in [0.25, 0.3) is 0 Å². The highest BCUT2D eigenvalue weighted by molar-refractivity contribution is 5.31. The Balaban J connectivity index is 1.95. The molecule has 1 aliphatic rings. The van der Waals surface area contributed by atoms with Crippen LogP contribution in [0.4, 0.5) is 13.2 Å². The number of halogens is 3. The van der Waals surface area contributed by atoms with E-state index in [2.05, 4.69) is 5.32 Å². The maximum Gasteiger partial charge on any atom is 0.126 e. The number of rotatable bonds is 2. The number of piperidine rings is 1. The molecule has 21 heavy (non-hydrogen) atoms. The van der Waals surface area contributed by atoms with Crippen LogP contribution in [0.1, 0.15) is 29.4 Å². The average Bonchev–Trinajstić information content (AvgIpc) is 2.47. The van der Waals surface area contributed by atoms with Crippen LogP contribution in [0.15, 0.2) is 42.5 Å². The Labute approximate surface area is 121 Å². The molecular formula is C17H16F3N. The minimum absolute atomic E-state index is 0.0295. The van der Waals surface area contributed by atoms with Gasteiger partial charge in [0.1, 0.15) is 17.5 Å². The van der Waals surface area contributed by atoms with E-state index in [0.29, 0.717) is 12.1 Å². The van der Waals surface area contributed by atoms with E-state index in [4.69, 9.17) is 0 Å². The second-order valence-corrected chi connectivity index (χ2v) is 5.46. The van der Waals surface area contributed by atoms with Gasteiger partial charge in [0, 0.05) is 18.5 Å². The Morgan fingerprint density at radius 2 is 1.43 bits per heavy atom. The average molecular weight is 291 g/mol. The highest BCUT2D eigenvalue weighted by Crippen LogP contribution is 2.37. The lowest BCUT2D eigenvalue weighted by atomic mass is 9.77. The van der Waals surface area contributed by atoms with Crippen molar-refractivity contribution >= 4 is 0 Å². The molecule has 110 valence electrons. The van der Waals surface area contributed by atoms with Crippen LogP contribution < -0.4 is 5.32 Å². The molecule has 0 radical (unpaired) electrons. The Bertz CT molecular complexity index is 604. The Kier molecular flexibility index (Phi) is 3.97. The van der Waals surface area contributed by atoms with Crippen LogP contribution in [0, 0.1) is 17.5 Å². The van der Waals surface area contributed by atoms with Crippen LogP contribution >= 0.6 is 0 Å². The molecule has 2 aromatic carbocycles. The van der Waals surface area contributed by atoms with E-state index in [1.54, 1.807) is 12.1 Å². The standard InChI is InChI=1S/C17H16F3N/c18-13-3-1-11(2-4-13)17-10-21-6-5-16(17)12-7-14(19)9-15(20)8-12/h1-4,7-9,16-17,21H,5-6,10H2. The van der Waals surface area contributed by atoms with Crippen molar-refractivity contribution in [2.24, 2.45) is 0 Å². The molecular weight excluding hydrogens is 275 g/mol. The maximum atomic E-state index is 13.5. The first-order chi connectivity index (χ1) is 10.1. The molecule has 1 aliphatic heterocycles. The normalized spacial score (nSPS) is 22.2. The lowest BCUT2D eigenvalue weighted by Crippen LogP contribution is -2.34. The fourth-order valence-electron chi connectivity index (χ4n) is 3.11. The van der Waals surface area contributed by atoms with Gasteiger partial charge in [-0.2, -0.15) is 0 Å². The predicted molar refractivity (Wildman–Crippen MR) is 75.7 cm³/mol. The van der Waals surface area contributed by atoms with Gasteiger partial charge in [0.15, 0.2) is 0 Å². The number of nitrogens with one attached hydrogen (secondary N) is 1. The first-order valence-electron chi connectivity index (χ1n) is 7.05. The smallest absolute Gasteiger partial charge is 0.126 e. The van der Waals surface area contributed by atoms with Gasteiger partial charge in [-0.3, -0.25) is 0 Å². The van der Waals surface area contributed by atoms with Gasteiger partial charge in [0.2, 0.25) is 0 Å². The van der Waals surface area contributed by atoms with Crippen LogP contribution in [0.3, 0.4) is 0 Å². The number of hydrogen-bond acceptors (Lipinski definition) is 1. The molecule has 2 aromatic rings. The van der Waals surface area contributed by atoms with E-state index >= 15 is 0 Å². The Morgan fingerprint density at radius 3 is 2.10 bits per heavy atom. The summed E-state index contributed by atoms with van der Waals surface area (Å²) in [6, 6.07) is 10.0. The summed E-state index contributed by atoms with van der Waals surface area (Å²) in [6.07, 6.45) is 0.797. The predicted octanol–water partition coefficient (Wildman–Crippen LogP) is 3.96. The minimum Gasteiger partial charge on any atom is -0.316 e. The molecule has 1 heterocycles. The summed E-state index contributed by atoms with van der Waals surface area (Å²) in [5, 5.41) is 3.30. The number of benzene rings is 2. The van der Waals surface area contributed by atoms with Crippen molar-refractivity contribution in [3.8, 4) is 0 Å². The monoisotopic (exact) mass is 291 g/mol. The second-order valence-electron chi connectivity index (χ2n) is 5.46. The summed E-state index contributed by atoms with van der Waals surface area (Å²) < 4.78 is 40.0. The van der Waals surface area contributed by atoms with Gasteiger partial charge in [-0.05, 0) is 54.3 Å². The molecule has 0 bridgehead atoms. The Hall–Kier alpha value is -1.81. The quantitative estimate of drug-likeness (QED) is 0.883. The van der Waals surface area contributed by atoms with Gasteiger partial charge >= 0.3 is 0 Å². The molecule has 1 saturated heterocycles. The van der Waals surface area contributed by atoms with Gasteiger partial charge < -0.3 is 5.32 Å². The first kappa shape index (κ1) is 14.1. The zero-order valence-electron chi connectivity index (χ0n) is 11.5. The van der Waals surface area contributed by atoms with Crippen molar-refractivity contribution in [1.82, 2.24) is 5.32 Å². The van der Waals surface area contributed by atoms with Crippen molar-refractivity contribution in [3.05, 3.63) is 71.0 Å². The fourth-order valence-corrected chi connectivity index (χ4v) is 3.11. The largest absolute Gasteiger partial charge is 0.316 e. The second kappa shape index (κ2) is 5.90. The highest BCUT2D eigenvalue weighted by Gasteiger charge is 2.28. The van der Waals surface area contributed by atoms with Crippen LogP contribution in [0.5, 0.6) is 0 Å². The molecule has 0 aliphatic carbocycles. The highest BCUT2D eigenvalue weighted by atomic mass is 19.1. The van der Waals surface area contributed by atoms with Crippen molar-refractivity contribution in [2.75, 3.05) is 13.1 Å². The third-order valence-electron chi connectivity index (χ3n) is 4.09. The zero-order chi connectivity index (χ0) is 14.8. The molecule has 0 spiro atoms. The minimum atomic E-state index is -0.554. The van der Waals surface area contributed by atoms with Gasteiger partial charge in [-0.15, -0.1) is 0 Å². The van der Waals surface area contributed by atoms with Gasteiger partial charge in [-0.25, -0.2) is 13.2 Å². The van der Waals surface area contributed by atoms with E-state index < -0.39 is 11.6 Å². The topological polar surface area (TPSA) is 12.0 Å². The van der Waals surface area contributed by atoms with E-state index in [1.807, 2.05) is 0 Å². The summed E-state index contributed by atoms with van der Waals surface area (Å²) >= 11 is 0. The third kappa shape index (κ3) is 3.10. The molecule has 2 unspecified atom stereocenters. The van der Waals surface area contributed by atoms with Crippen molar-refractivity contribution in [3.63, 3.8) is 0 Å². The third-order valence-corrected chi connectivity index (χ3v) is 4.09. The van der Waals surface area contributed by atoms with Gasteiger partial charge in [0.25, 0.3) is 0 Å². The summed E-state index contributed by atoms with van der Waals surface area (Å²) in [4.78, 5) is 0. The van der Waals surface area contributed by atoms with E-state index in [-0.39, 0.29) is 17.7 Å². The SMILES string of the molecule is Fc1ccc(C2CNCCC2c2cc(F)cc(F)c2)cc1. The van der Waals surface area contributed by atoms with E-state index in [1.165, 1.54) is 24.3 Å². The van der Waals surface area contributed by atoms with Gasteiger partial charge in [-0.1, -0.05) is 12.1 Å². The molecule has 1 nitrogen and oxygen atoms in total. The summed E-state index contributed by atoms with van der Waals surface area (Å²) in [5.41, 5.74) is 1.65. The molecule has 0 saturated carbocycles. The van der Waals surface area contributed by atoms with Crippen molar-refractivity contribution in [2.45, 2.75) is 18.3 Å². The maximum absolute atomic E-state index is 13.5. The molecule has 1 N–H and O–H groups in total. The van der Waals surface area contributed by atoms with E-state index in [0.717, 1.165) is 24.6 Å².